The van der Waals surface area contributed by atoms with Gasteiger partial charge in [0.1, 0.15) is 0 Å². The van der Waals surface area contributed by atoms with E-state index in [1.165, 1.54) is 11.3 Å². The van der Waals surface area contributed by atoms with Crippen LogP contribution in [0.15, 0.2) is 0 Å². The number of rotatable bonds is 5. The fourth-order valence-corrected chi connectivity index (χ4v) is 2.64. The lowest BCUT2D eigenvalue weighted by Gasteiger charge is -2.30. The number of carbonyl (C=O) groups is 2. The van der Waals surface area contributed by atoms with Gasteiger partial charge < -0.3 is 16.4 Å². The van der Waals surface area contributed by atoms with E-state index in [1.54, 1.807) is 7.05 Å². The number of likely N-dealkylation sites (N-methyl/N-ethyl adjacent to an activating group) is 1. The summed E-state index contributed by atoms with van der Waals surface area (Å²) in [4.78, 5) is 24.3. The zero-order valence-corrected chi connectivity index (χ0v) is 10.5. The van der Waals surface area contributed by atoms with Gasteiger partial charge in [0.25, 0.3) is 0 Å². The van der Waals surface area contributed by atoms with Gasteiger partial charge in [-0.3, -0.25) is 9.59 Å². The molecule has 17 heavy (non-hydrogen) atoms. The Kier molecular flexibility index (Phi) is 5.41. The fourth-order valence-electron chi connectivity index (χ4n) is 2.64. The number of hydrogen-bond acceptors (Lipinski definition) is 3. The van der Waals surface area contributed by atoms with Gasteiger partial charge in [-0.25, -0.2) is 0 Å². The number of amides is 2. The SMILES string of the molecule is CN(CC(N)=O)C(=O)C1CCCC(CCN)C1. The highest BCUT2D eigenvalue weighted by Crippen LogP contribution is 2.31. The van der Waals surface area contributed by atoms with E-state index in [4.69, 9.17) is 11.5 Å². The zero-order chi connectivity index (χ0) is 12.8. The lowest BCUT2D eigenvalue weighted by atomic mass is 9.79. The zero-order valence-electron chi connectivity index (χ0n) is 10.5. The standard InChI is InChI=1S/C12H23N3O2/c1-15(8-11(14)16)12(17)10-4-2-3-9(7-10)5-6-13/h9-10H,2-8,13H2,1H3,(H2,14,16). The summed E-state index contributed by atoms with van der Waals surface area (Å²) >= 11 is 0. The Labute approximate surface area is 103 Å². The summed E-state index contributed by atoms with van der Waals surface area (Å²) in [5, 5.41) is 0. The molecule has 4 N–H and O–H groups in total. The molecule has 5 heteroatoms. The first-order valence-corrected chi connectivity index (χ1v) is 6.28. The van der Waals surface area contributed by atoms with Crippen LogP contribution in [0.4, 0.5) is 0 Å². The van der Waals surface area contributed by atoms with Crippen molar-refractivity contribution in [1.82, 2.24) is 4.90 Å². The Morgan fingerprint density at radius 3 is 2.65 bits per heavy atom. The topological polar surface area (TPSA) is 89.4 Å². The van der Waals surface area contributed by atoms with E-state index in [0.29, 0.717) is 12.5 Å². The molecule has 1 aliphatic carbocycles. The molecule has 0 spiro atoms. The molecule has 0 radical (unpaired) electrons. The third-order valence-electron chi connectivity index (χ3n) is 3.48. The van der Waals surface area contributed by atoms with Gasteiger partial charge in [-0.15, -0.1) is 0 Å². The molecule has 0 aliphatic heterocycles. The van der Waals surface area contributed by atoms with Gasteiger partial charge in [-0.2, -0.15) is 0 Å². The molecule has 2 unspecified atom stereocenters. The van der Waals surface area contributed by atoms with Gasteiger partial charge in [0, 0.05) is 13.0 Å². The highest BCUT2D eigenvalue weighted by molar-refractivity contribution is 5.84. The Bertz CT molecular complexity index is 279. The molecular formula is C12H23N3O2. The van der Waals surface area contributed by atoms with Crippen molar-refractivity contribution in [3.05, 3.63) is 0 Å². The minimum absolute atomic E-state index is 0.0108. The summed E-state index contributed by atoms with van der Waals surface area (Å²) in [5.74, 6) is 0.190. The van der Waals surface area contributed by atoms with Crippen LogP contribution in [0.5, 0.6) is 0 Å². The maximum Gasteiger partial charge on any atom is 0.237 e. The van der Waals surface area contributed by atoms with Crippen molar-refractivity contribution in [3.63, 3.8) is 0 Å². The average molecular weight is 241 g/mol. The molecule has 5 nitrogen and oxygen atoms in total. The highest BCUT2D eigenvalue weighted by atomic mass is 16.2. The molecule has 98 valence electrons. The highest BCUT2D eigenvalue weighted by Gasteiger charge is 2.29. The molecule has 1 rings (SSSR count). The van der Waals surface area contributed by atoms with Crippen molar-refractivity contribution >= 4 is 11.8 Å². The first-order valence-electron chi connectivity index (χ1n) is 6.28. The number of nitrogens with zero attached hydrogens (tertiary/aromatic N) is 1. The van der Waals surface area contributed by atoms with Gasteiger partial charge in [-0.05, 0) is 31.7 Å². The van der Waals surface area contributed by atoms with Crippen molar-refractivity contribution in [2.24, 2.45) is 23.3 Å². The van der Waals surface area contributed by atoms with Crippen molar-refractivity contribution in [2.75, 3.05) is 20.1 Å². The summed E-state index contributed by atoms with van der Waals surface area (Å²) < 4.78 is 0. The van der Waals surface area contributed by atoms with Gasteiger partial charge >= 0.3 is 0 Å². The van der Waals surface area contributed by atoms with Crippen LogP contribution in [-0.4, -0.2) is 36.9 Å². The fraction of sp³-hybridized carbons (Fsp3) is 0.833. The van der Waals surface area contributed by atoms with E-state index in [1.807, 2.05) is 0 Å². The smallest absolute Gasteiger partial charge is 0.237 e. The molecule has 0 bridgehead atoms. The van der Waals surface area contributed by atoms with Gasteiger partial charge in [0.05, 0.1) is 6.54 Å². The molecule has 1 saturated carbocycles. The minimum Gasteiger partial charge on any atom is -0.368 e. The lowest BCUT2D eigenvalue weighted by molar-refractivity contribution is -0.138. The lowest BCUT2D eigenvalue weighted by Crippen LogP contribution is -2.40. The molecule has 2 amide bonds. The second kappa shape index (κ2) is 6.59. The minimum atomic E-state index is -0.463. The maximum absolute atomic E-state index is 12.1. The Balaban J connectivity index is 2.48. The number of hydrogen-bond donors (Lipinski definition) is 2. The predicted octanol–water partition coefficient (Wildman–Crippen LogP) is 0.0853. The van der Waals surface area contributed by atoms with Crippen LogP contribution in [-0.2, 0) is 9.59 Å². The molecule has 0 aromatic carbocycles. The van der Waals surface area contributed by atoms with Crippen LogP contribution in [0.3, 0.4) is 0 Å². The quantitative estimate of drug-likeness (QED) is 0.714. The van der Waals surface area contributed by atoms with E-state index in [9.17, 15) is 9.59 Å². The van der Waals surface area contributed by atoms with Crippen LogP contribution in [0, 0.1) is 11.8 Å². The molecule has 0 saturated heterocycles. The monoisotopic (exact) mass is 241 g/mol. The van der Waals surface area contributed by atoms with Crippen LogP contribution < -0.4 is 11.5 Å². The summed E-state index contributed by atoms with van der Waals surface area (Å²) in [6, 6.07) is 0. The van der Waals surface area contributed by atoms with Crippen molar-refractivity contribution in [2.45, 2.75) is 32.1 Å². The summed E-state index contributed by atoms with van der Waals surface area (Å²) in [7, 11) is 1.64. The van der Waals surface area contributed by atoms with E-state index in [-0.39, 0.29) is 18.4 Å². The van der Waals surface area contributed by atoms with Crippen molar-refractivity contribution in [1.29, 1.82) is 0 Å². The van der Waals surface area contributed by atoms with E-state index < -0.39 is 5.91 Å². The normalized spacial score (nSPS) is 24.4. The van der Waals surface area contributed by atoms with E-state index in [2.05, 4.69) is 0 Å². The van der Waals surface area contributed by atoms with E-state index >= 15 is 0 Å². The third kappa shape index (κ3) is 4.34. The second-order valence-corrected chi connectivity index (χ2v) is 4.97. The molecule has 0 aromatic heterocycles. The van der Waals surface area contributed by atoms with Crippen LogP contribution >= 0.6 is 0 Å². The van der Waals surface area contributed by atoms with Gasteiger partial charge in [0.15, 0.2) is 0 Å². The van der Waals surface area contributed by atoms with Gasteiger partial charge in [0.2, 0.25) is 11.8 Å². The number of primary amides is 1. The maximum atomic E-state index is 12.1. The third-order valence-corrected chi connectivity index (χ3v) is 3.48. The molecule has 0 aromatic rings. The molecule has 0 heterocycles. The van der Waals surface area contributed by atoms with Gasteiger partial charge in [-0.1, -0.05) is 12.8 Å². The number of carbonyl (C=O) groups excluding carboxylic acids is 2. The molecule has 1 aliphatic rings. The van der Waals surface area contributed by atoms with Crippen molar-refractivity contribution < 1.29 is 9.59 Å². The van der Waals surface area contributed by atoms with Crippen LogP contribution in [0.2, 0.25) is 0 Å². The number of nitrogens with two attached hydrogens (primary N) is 2. The molecule has 1 fully saturated rings. The van der Waals surface area contributed by atoms with Crippen molar-refractivity contribution in [3.8, 4) is 0 Å². The average Bonchev–Trinajstić information content (AvgIpc) is 2.28. The Morgan fingerprint density at radius 1 is 1.35 bits per heavy atom. The van der Waals surface area contributed by atoms with E-state index in [0.717, 1.165) is 25.7 Å². The van der Waals surface area contributed by atoms with Crippen LogP contribution in [0.25, 0.3) is 0 Å². The Hall–Kier alpha value is -1.10. The predicted molar refractivity (Wildman–Crippen MR) is 66.0 cm³/mol. The first-order chi connectivity index (χ1) is 8.04. The summed E-state index contributed by atoms with van der Waals surface area (Å²) in [5.41, 5.74) is 10.6. The summed E-state index contributed by atoms with van der Waals surface area (Å²) in [6.07, 6.45) is 5.05. The largest absolute Gasteiger partial charge is 0.368 e. The van der Waals surface area contributed by atoms with Crippen LogP contribution in [0.1, 0.15) is 32.1 Å². The second-order valence-electron chi connectivity index (χ2n) is 4.97. The summed E-state index contributed by atoms with van der Waals surface area (Å²) in [6.45, 7) is 0.694. The molecule has 2 atom stereocenters. The molecular weight excluding hydrogens is 218 g/mol. The first kappa shape index (κ1) is 14.0. The Morgan fingerprint density at radius 2 is 2.06 bits per heavy atom.